The summed E-state index contributed by atoms with van der Waals surface area (Å²) in [7, 11) is 1.85. The topological polar surface area (TPSA) is 43.6 Å². The summed E-state index contributed by atoms with van der Waals surface area (Å²) in [5.74, 6) is 1.01. The molecule has 0 saturated carbocycles. The molecule has 4 nitrogen and oxygen atoms in total. The minimum atomic E-state index is 0.274. The first-order chi connectivity index (χ1) is 6.05. The van der Waals surface area contributed by atoms with Crippen molar-refractivity contribution in [1.29, 1.82) is 0 Å². The standard InChI is InChI=1S/C7H13BrN4S/c1-7(2,4-8)5-13-6-9-10-11-12(6)3/h4-5H2,1-3H3. The molecule has 0 radical (unpaired) electrons. The largest absolute Gasteiger partial charge is 0.224 e. The Labute approximate surface area is 90.6 Å². The van der Waals surface area contributed by atoms with Crippen LogP contribution in [0.25, 0.3) is 0 Å². The van der Waals surface area contributed by atoms with E-state index in [1.54, 1.807) is 16.4 Å². The third-order valence-corrected chi connectivity index (χ3v) is 4.58. The van der Waals surface area contributed by atoms with Gasteiger partial charge in [-0.2, -0.15) is 0 Å². The van der Waals surface area contributed by atoms with Crippen molar-refractivity contribution in [3.05, 3.63) is 0 Å². The molecular weight excluding hydrogens is 252 g/mol. The minimum Gasteiger partial charge on any atom is -0.224 e. The van der Waals surface area contributed by atoms with E-state index in [-0.39, 0.29) is 5.41 Å². The normalized spacial score (nSPS) is 12.0. The van der Waals surface area contributed by atoms with Crippen LogP contribution in [0, 0.1) is 5.41 Å². The first kappa shape index (κ1) is 11.0. The van der Waals surface area contributed by atoms with E-state index in [0.29, 0.717) is 0 Å². The molecular formula is C7H13BrN4S. The van der Waals surface area contributed by atoms with Crippen molar-refractivity contribution in [3.63, 3.8) is 0 Å². The second-order valence-electron chi connectivity index (χ2n) is 3.67. The third-order valence-electron chi connectivity index (χ3n) is 1.54. The molecule has 0 aliphatic heterocycles. The monoisotopic (exact) mass is 264 g/mol. The molecule has 13 heavy (non-hydrogen) atoms. The van der Waals surface area contributed by atoms with Gasteiger partial charge in [-0.15, -0.1) is 5.10 Å². The summed E-state index contributed by atoms with van der Waals surface area (Å²) in [6.07, 6.45) is 0. The molecule has 0 unspecified atom stereocenters. The van der Waals surface area contributed by atoms with Crippen LogP contribution in [0.4, 0.5) is 0 Å². The van der Waals surface area contributed by atoms with Crippen LogP contribution in [0.2, 0.25) is 0 Å². The molecule has 0 aliphatic rings. The lowest BCUT2D eigenvalue weighted by atomic mass is 10.0. The maximum atomic E-state index is 3.90. The van der Waals surface area contributed by atoms with E-state index in [1.807, 2.05) is 7.05 Å². The zero-order valence-corrected chi connectivity index (χ0v) is 10.4. The zero-order chi connectivity index (χ0) is 9.90. The molecule has 6 heteroatoms. The number of rotatable bonds is 4. The predicted molar refractivity (Wildman–Crippen MR) is 57.1 cm³/mol. The summed E-state index contributed by atoms with van der Waals surface area (Å²) in [6.45, 7) is 4.41. The first-order valence-electron chi connectivity index (χ1n) is 3.96. The summed E-state index contributed by atoms with van der Waals surface area (Å²) in [6, 6.07) is 0. The van der Waals surface area contributed by atoms with E-state index in [9.17, 15) is 0 Å². The van der Waals surface area contributed by atoms with Gasteiger partial charge in [-0.1, -0.05) is 41.5 Å². The van der Waals surface area contributed by atoms with Crippen LogP contribution >= 0.6 is 27.7 Å². The van der Waals surface area contributed by atoms with Crippen LogP contribution in [-0.2, 0) is 7.05 Å². The maximum Gasteiger partial charge on any atom is 0.209 e. The molecule has 0 atom stereocenters. The fraction of sp³-hybridized carbons (Fsp3) is 0.857. The molecule has 0 aliphatic carbocycles. The molecule has 0 aromatic carbocycles. The number of hydrogen-bond donors (Lipinski definition) is 0. The lowest BCUT2D eigenvalue weighted by molar-refractivity contribution is 0.495. The van der Waals surface area contributed by atoms with Gasteiger partial charge in [-0.3, -0.25) is 0 Å². The van der Waals surface area contributed by atoms with Crippen LogP contribution in [0.3, 0.4) is 0 Å². The summed E-state index contributed by atoms with van der Waals surface area (Å²) >= 11 is 5.16. The molecule has 1 heterocycles. The maximum absolute atomic E-state index is 3.90. The molecule has 0 bridgehead atoms. The van der Waals surface area contributed by atoms with E-state index in [4.69, 9.17) is 0 Å². The van der Waals surface area contributed by atoms with E-state index in [2.05, 4.69) is 45.3 Å². The molecule has 0 spiro atoms. The highest BCUT2D eigenvalue weighted by molar-refractivity contribution is 9.09. The fourth-order valence-electron chi connectivity index (χ4n) is 0.642. The Morgan fingerprint density at radius 3 is 2.69 bits per heavy atom. The molecule has 0 saturated heterocycles. The van der Waals surface area contributed by atoms with Gasteiger partial charge in [-0.25, -0.2) is 4.68 Å². The Kier molecular flexibility index (Phi) is 3.73. The Morgan fingerprint density at radius 1 is 1.54 bits per heavy atom. The summed E-state index contributed by atoms with van der Waals surface area (Å²) in [5.41, 5.74) is 0.274. The number of alkyl halides is 1. The van der Waals surface area contributed by atoms with Gasteiger partial charge in [0.05, 0.1) is 0 Å². The van der Waals surface area contributed by atoms with E-state index in [0.717, 1.165) is 16.2 Å². The van der Waals surface area contributed by atoms with E-state index < -0.39 is 0 Å². The summed E-state index contributed by atoms with van der Waals surface area (Å²) in [4.78, 5) is 0. The molecule has 0 fully saturated rings. The van der Waals surface area contributed by atoms with Gasteiger partial charge < -0.3 is 0 Å². The minimum absolute atomic E-state index is 0.274. The van der Waals surface area contributed by atoms with Crippen molar-refractivity contribution in [3.8, 4) is 0 Å². The number of aryl methyl sites for hydroxylation is 1. The van der Waals surface area contributed by atoms with Gasteiger partial charge in [0.1, 0.15) is 0 Å². The van der Waals surface area contributed by atoms with Crippen molar-refractivity contribution in [2.75, 3.05) is 11.1 Å². The highest BCUT2D eigenvalue weighted by Gasteiger charge is 2.17. The van der Waals surface area contributed by atoms with Crippen molar-refractivity contribution in [2.45, 2.75) is 19.0 Å². The number of halogens is 1. The molecule has 0 amide bonds. The average molecular weight is 265 g/mol. The van der Waals surface area contributed by atoms with Gasteiger partial charge in [0.15, 0.2) is 0 Å². The lowest BCUT2D eigenvalue weighted by Crippen LogP contribution is -2.16. The number of nitrogens with zero attached hydrogens (tertiary/aromatic N) is 4. The number of tetrazole rings is 1. The Hall–Kier alpha value is -0.100. The van der Waals surface area contributed by atoms with Crippen molar-refractivity contribution in [1.82, 2.24) is 20.2 Å². The Bertz CT molecular complexity index is 273. The summed E-state index contributed by atoms with van der Waals surface area (Å²) < 4.78 is 1.69. The SMILES string of the molecule is Cn1nnnc1SCC(C)(C)CBr. The van der Waals surface area contributed by atoms with Gasteiger partial charge in [0.2, 0.25) is 5.16 Å². The van der Waals surface area contributed by atoms with Gasteiger partial charge >= 0.3 is 0 Å². The first-order valence-corrected chi connectivity index (χ1v) is 6.07. The number of aromatic nitrogens is 4. The quantitative estimate of drug-likeness (QED) is 0.614. The second-order valence-corrected chi connectivity index (χ2v) is 5.17. The predicted octanol–water partition coefficient (Wildman–Crippen LogP) is 1.72. The van der Waals surface area contributed by atoms with E-state index >= 15 is 0 Å². The van der Waals surface area contributed by atoms with Crippen LogP contribution in [0.1, 0.15) is 13.8 Å². The Balaban J connectivity index is 2.48. The third kappa shape index (κ3) is 3.27. The highest BCUT2D eigenvalue weighted by atomic mass is 79.9. The molecule has 1 aromatic heterocycles. The molecule has 1 aromatic rings. The van der Waals surface area contributed by atoms with Gasteiger partial charge in [-0.05, 0) is 15.8 Å². The number of thioether (sulfide) groups is 1. The van der Waals surface area contributed by atoms with Crippen LogP contribution in [0.5, 0.6) is 0 Å². The Morgan fingerprint density at radius 2 is 2.23 bits per heavy atom. The van der Waals surface area contributed by atoms with Crippen molar-refractivity contribution < 1.29 is 0 Å². The van der Waals surface area contributed by atoms with Crippen molar-refractivity contribution in [2.24, 2.45) is 12.5 Å². The fourth-order valence-corrected chi connectivity index (χ4v) is 2.04. The molecule has 1 rings (SSSR count). The van der Waals surface area contributed by atoms with Crippen LogP contribution in [-0.4, -0.2) is 31.3 Å². The van der Waals surface area contributed by atoms with Gasteiger partial charge in [0, 0.05) is 18.1 Å². The van der Waals surface area contributed by atoms with Crippen LogP contribution in [0.15, 0.2) is 5.16 Å². The summed E-state index contributed by atoms with van der Waals surface area (Å²) in [5, 5.41) is 13.1. The molecule has 74 valence electrons. The van der Waals surface area contributed by atoms with Gasteiger partial charge in [0.25, 0.3) is 0 Å². The smallest absolute Gasteiger partial charge is 0.209 e. The average Bonchev–Trinajstić information content (AvgIpc) is 2.48. The van der Waals surface area contributed by atoms with Crippen molar-refractivity contribution >= 4 is 27.7 Å². The lowest BCUT2D eigenvalue weighted by Gasteiger charge is -2.19. The van der Waals surface area contributed by atoms with E-state index in [1.165, 1.54) is 0 Å². The second kappa shape index (κ2) is 4.41. The zero-order valence-electron chi connectivity index (χ0n) is 7.99. The number of hydrogen-bond acceptors (Lipinski definition) is 4. The highest BCUT2D eigenvalue weighted by Crippen LogP contribution is 2.27. The van der Waals surface area contributed by atoms with Crippen LogP contribution < -0.4 is 0 Å². The molecule has 0 N–H and O–H groups in total.